The Morgan fingerprint density at radius 3 is 2.53 bits per heavy atom. The van der Waals surface area contributed by atoms with Crippen LogP contribution in [0.5, 0.6) is 0 Å². The molecule has 0 aliphatic heterocycles. The largest absolute Gasteiger partial charge is 0.325 e. The summed E-state index contributed by atoms with van der Waals surface area (Å²) >= 11 is 11.9. The van der Waals surface area contributed by atoms with Crippen LogP contribution in [0, 0.1) is 6.92 Å². The van der Waals surface area contributed by atoms with Crippen molar-refractivity contribution in [3.63, 3.8) is 0 Å². The number of nitrogens with two attached hydrogens (primary N) is 1. The van der Waals surface area contributed by atoms with E-state index in [0.717, 1.165) is 17.0 Å². The number of nitrogens with zero attached hydrogens (tertiary/aromatic N) is 2. The maximum absolute atomic E-state index is 5.98. The maximum atomic E-state index is 5.98. The van der Waals surface area contributed by atoms with Crippen LogP contribution < -0.4 is 5.73 Å². The lowest BCUT2D eigenvalue weighted by Crippen LogP contribution is -2.03. The molecule has 1 heterocycles. The molecule has 1 aromatic heterocycles. The maximum Gasteiger partial charge on any atom is 0.126 e. The minimum atomic E-state index is 0.387. The SMILES string of the molecule is Cc1nc(CN)cc(-c2ccc(Cl)c(Cl)c2)n1. The summed E-state index contributed by atoms with van der Waals surface area (Å²) in [4.78, 5) is 8.58. The van der Waals surface area contributed by atoms with E-state index in [-0.39, 0.29) is 0 Å². The Kier molecular flexibility index (Phi) is 3.62. The van der Waals surface area contributed by atoms with Crippen molar-refractivity contribution in [2.75, 3.05) is 0 Å². The summed E-state index contributed by atoms with van der Waals surface area (Å²) in [5, 5.41) is 1.04. The number of benzene rings is 1. The van der Waals surface area contributed by atoms with Gasteiger partial charge in [0.25, 0.3) is 0 Å². The predicted octanol–water partition coefficient (Wildman–Crippen LogP) is 3.22. The van der Waals surface area contributed by atoms with Gasteiger partial charge in [0, 0.05) is 12.1 Å². The molecule has 0 unspecified atom stereocenters. The number of rotatable bonds is 2. The molecule has 2 N–H and O–H groups in total. The molecule has 1 aromatic carbocycles. The molecule has 0 radical (unpaired) electrons. The number of hydrogen-bond acceptors (Lipinski definition) is 3. The second-order valence-corrected chi connectivity index (χ2v) is 4.44. The lowest BCUT2D eigenvalue weighted by molar-refractivity contribution is 0.929. The molecule has 0 atom stereocenters. The first-order valence-corrected chi connectivity index (χ1v) is 5.86. The molecule has 0 saturated heterocycles. The minimum absolute atomic E-state index is 0.387. The summed E-state index contributed by atoms with van der Waals surface area (Å²) in [5.41, 5.74) is 8.09. The highest BCUT2D eigenvalue weighted by Crippen LogP contribution is 2.27. The van der Waals surface area contributed by atoms with Crippen molar-refractivity contribution in [2.45, 2.75) is 13.5 Å². The highest BCUT2D eigenvalue weighted by atomic mass is 35.5. The van der Waals surface area contributed by atoms with Crippen LogP contribution in [0.15, 0.2) is 24.3 Å². The van der Waals surface area contributed by atoms with Crippen molar-refractivity contribution in [3.8, 4) is 11.3 Å². The zero-order chi connectivity index (χ0) is 12.4. The first-order chi connectivity index (χ1) is 8.10. The highest BCUT2D eigenvalue weighted by molar-refractivity contribution is 6.42. The van der Waals surface area contributed by atoms with Gasteiger partial charge in [-0.05, 0) is 25.1 Å². The second kappa shape index (κ2) is 5.00. The van der Waals surface area contributed by atoms with Crippen LogP contribution in [0.1, 0.15) is 11.5 Å². The molecule has 0 aliphatic rings. The standard InChI is InChI=1S/C12H11Cl2N3/c1-7-16-9(6-15)5-12(17-7)8-2-3-10(13)11(14)4-8/h2-5H,6,15H2,1H3. The fourth-order valence-corrected chi connectivity index (χ4v) is 1.84. The fraction of sp³-hybridized carbons (Fsp3) is 0.167. The molecule has 17 heavy (non-hydrogen) atoms. The smallest absolute Gasteiger partial charge is 0.126 e. The molecule has 2 aromatic rings. The molecule has 0 saturated carbocycles. The van der Waals surface area contributed by atoms with Crippen LogP contribution in [-0.4, -0.2) is 9.97 Å². The van der Waals surface area contributed by atoms with E-state index in [1.165, 1.54) is 0 Å². The average Bonchev–Trinajstić information content (AvgIpc) is 2.32. The summed E-state index contributed by atoms with van der Waals surface area (Å²) in [6, 6.07) is 7.26. The van der Waals surface area contributed by atoms with E-state index < -0.39 is 0 Å². The van der Waals surface area contributed by atoms with E-state index in [4.69, 9.17) is 28.9 Å². The van der Waals surface area contributed by atoms with Crippen molar-refractivity contribution in [1.29, 1.82) is 0 Å². The van der Waals surface area contributed by atoms with Gasteiger partial charge in [-0.2, -0.15) is 0 Å². The lowest BCUT2D eigenvalue weighted by Gasteiger charge is -2.06. The summed E-state index contributed by atoms with van der Waals surface area (Å²) in [5.74, 6) is 0.689. The minimum Gasteiger partial charge on any atom is -0.325 e. The third kappa shape index (κ3) is 2.75. The van der Waals surface area contributed by atoms with E-state index in [0.29, 0.717) is 22.4 Å². The number of aryl methyl sites for hydroxylation is 1. The van der Waals surface area contributed by atoms with Crippen molar-refractivity contribution < 1.29 is 0 Å². The van der Waals surface area contributed by atoms with E-state index in [2.05, 4.69) is 9.97 Å². The van der Waals surface area contributed by atoms with Crippen molar-refractivity contribution in [2.24, 2.45) is 5.73 Å². The monoisotopic (exact) mass is 267 g/mol. The van der Waals surface area contributed by atoms with Crippen LogP contribution in [-0.2, 0) is 6.54 Å². The number of hydrogen-bond donors (Lipinski definition) is 1. The molecular formula is C12H11Cl2N3. The number of aromatic nitrogens is 2. The van der Waals surface area contributed by atoms with Gasteiger partial charge in [0.2, 0.25) is 0 Å². The predicted molar refractivity (Wildman–Crippen MR) is 70.1 cm³/mol. The lowest BCUT2D eigenvalue weighted by atomic mass is 10.1. The quantitative estimate of drug-likeness (QED) is 0.909. The third-order valence-corrected chi connectivity index (χ3v) is 3.05. The van der Waals surface area contributed by atoms with Crippen molar-refractivity contribution in [1.82, 2.24) is 9.97 Å². The Morgan fingerprint density at radius 2 is 1.88 bits per heavy atom. The molecular weight excluding hydrogens is 257 g/mol. The van der Waals surface area contributed by atoms with E-state index in [9.17, 15) is 0 Å². The van der Waals surface area contributed by atoms with E-state index in [1.54, 1.807) is 12.1 Å². The summed E-state index contributed by atoms with van der Waals surface area (Å²) in [6.07, 6.45) is 0. The molecule has 0 fully saturated rings. The van der Waals surface area contributed by atoms with Gasteiger partial charge in [0.15, 0.2) is 0 Å². The fourth-order valence-electron chi connectivity index (χ4n) is 1.54. The normalized spacial score (nSPS) is 10.6. The van der Waals surface area contributed by atoms with Crippen LogP contribution in [0.3, 0.4) is 0 Å². The van der Waals surface area contributed by atoms with Crippen LogP contribution in [0.2, 0.25) is 10.0 Å². The molecule has 3 nitrogen and oxygen atoms in total. The molecule has 0 amide bonds. The summed E-state index contributed by atoms with van der Waals surface area (Å²) in [7, 11) is 0. The Hall–Kier alpha value is -1.16. The highest BCUT2D eigenvalue weighted by Gasteiger charge is 2.06. The van der Waals surface area contributed by atoms with Gasteiger partial charge in [-0.3, -0.25) is 0 Å². The van der Waals surface area contributed by atoms with Crippen LogP contribution >= 0.6 is 23.2 Å². The van der Waals surface area contributed by atoms with Crippen molar-refractivity contribution in [3.05, 3.63) is 45.8 Å². The zero-order valence-corrected chi connectivity index (χ0v) is 10.8. The Labute approximate surface area is 110 Å². The Balaban J connectivity index is 2.52. The molecule has 88 valence electrons. The molecule has 2 rings (SSSR count). The van der Waals surface area contributed by atoms with Crippen LogP contribution in [0.25, 0.3) is 11.3 Å². The topological polar surface area (TPSA) is 51.8 Å². The van der Waals surface area contributed by atoms with Crippen molar-refractivity contribution >= 4 is 23.2 Å². The van der Waals surface area contributed by atoms with Gasteiger partial charge >= 0.3 is 0 Å². The zero-order valence-electron chi connectivity index (χ0n) is 9.24. The Bertz CT molecular complexity index is 555. The molecule has 0 spiro atoms. The van der Waals surface area contributed by atoms with Crippen LogP contribution in [0.4, 0.5) is 0 Å². The van der Waals surface area contributed by atoms with Gasteiger partial charge in [0.1, 0.15) is 5.82 Å². The van der Waals surface area contributed by atoms with Gasteiger partial charge in [-0.1, -0.05) is 29.3 Å². The molecule has 0 aliphatic carbocycles. The molecule has 5 heteroatoms. The van der Waals surface area contributed by atoms with Gasteiger partial charge < -0.3 is 5.73 Å². The second-order valence-electron chi connectivity index (χ2n) is 3.62. The number of halogens is 2. The average molecular weight is 268 g/mol. The van der Waals surface area contributed by atoms with Gasteiger partial charge in [0.05, 0.1) is 21.4 Å². The van der Waals surface area contributed by atoms with Gasteiger partial charge in [-0.15, -0.1) is 0 Å². The van der Waals surface area contributed by atoms with E-state index >= 15 is 0 Å². The first-order valence-electron chi connectivity index (χ1n) is 5.10. The third-order valence-electron chi connectivity index (χ3n) is 2.32. The molecule has 0 bridgehead atoms. The summed E-state index contributed by atoms with van der Waals surface area (Å²) < 4.78 is 0. The van der Waals surface area contributed by atoms with E-state index in [1.807, 2.05) is 19.1 Å². The van der Waals surface area contributed by atoms with Gasteiger partial charge in [-0.25, -0.2) is 9.97 Å². The summed E-state index contributed by atoms with van der Waals surface area (Å²) in [6.45, 7) is 2.22. The Morgan fingerprint density at radius 1 is 1.12 bits per heavy atom. The first kappa shape index (κ1) is 12.3.